The molecule has 1 spiro atoms. The van der Waals surface area contributed by atoms with Gasteiger partial charge in [0.15, 0.2) is 6.61 Å². The zero-order valence-electron chi connectivity index (χ0n) is 15.8. The van der Waals surface area contributed by atoms with Gasteiger partial charge in [-0.2, -0.15) is 5.01 Å². The number of hydrogen-bond donors (Lipinski definition) is 2. The number of carbonyl (C=O) groups is 4. The summed E-state index contributed by atoms with van der Waals surface area (Å²) in [5.74, 6) is -1.41. The third-order valence-electron chi connectivity index (χ3n) is 5.43. The van der Waals surface area contributed by atoms with E-state index < -0.39 is 36.0 Å². The maximum atomic E-state index is 12.7. The molecule has 1 aromatic carbocycles. The number of hydrazine groups is 1. The van der Waals surface area contributed by atoms with Crippen LogP contribution in [0.2, 0.25) is 0 Å². The fourth-order valence-electron chi connectivity index (χ4n) is 3.67. The smallest absolute Gasteiger partial charge is 0.344 e. The van der Waals surface area contributed by atoms with Gasteiger partial charge in [-0.15, -0.1) is 11.3 Å². The fourth-order valence-corrected chi connectivity index (χ4v) is 4.39. The van der Waals surface area contributed by atoms with Gasteiger partial charge in [-0.1, -0.05) is 6.92 Å². The van der Waals surface area contributed by atoms with Crippen LogP contribution in [0.15, 0.2) is 23.7 Å². The van der Waals surface area contributed by atoms with E-state index in [2.05, 4.69) is 22.7 Å². The molecule has 152 valence electrons. The molecule has 1 saturated carbocycles. The SMILES string of the molecule is CC1CCC2(CC1)NC(=O)N(NC(=O)COC(=O)c1ccc3ncsc3c1)C2=O. The summed E-state index contributed by atoms with van der Waals surface area (Å²) in [5.41, 5.74) is 4.03. The van der Waals surface area contributed by atoms with Gasteiger partial charge in [-0.05, 0) is 49.8 Å². The number of fused-ring (bicyclic) bond motifs is 1. The first-order valence-corrected chi connectivity index (χ1v) is 10.2. The molecule has 1 aliphatic carbocycles. The van der Waals surface area contributed by atoms with E-state index in [0.717, 1.165) is 23.1 Å². The number of esters is 1. The molecule has 29 heavy (non-hydrogen) atoms. The number of nitrogens with one attached hydrogen (secondary N) is 2. The van der Waals surface area contributed by atoms with Crippen molar-refractivity contribution in [2.75, 3.05) is 6.61 Å². The summed E-state index contributed by atoms with van der Waals surface area (Å²) in [5, 5.41) is 3.40. The van der Waals surface area contributed by atoms with Gasteiger partial charge < -0.3 is 10.1 Å². The monoisotopic (exact) mass is 416 g/mol. The molecule has 0 atom stereocenters. The van der Waals surface area contributed by atoms with E-state index >= 15 is 0 Å². The van der Waals surface area contributed by atoms with Crippen molar-refractivity contribution in [1.29, 1.82) is 0 Å². The zero-order valence-corrected chi connectivity index (χ0v) is 16.6. The Balaban J connectivity index is 1.34. The molecule has 2 heterocycles. The van der Waals surface area contributed by atoms with Gasteiger partial charge in [0, 0.05) is 0 Å². The quantitative estimate of drug-likeness (QED) is 0.581. The third kappa shape index (κ3) is 3.67. The molecule has 4 rings (SSSR count). The second-order valence-electron chi connectivity index (χ2n) is 7.48. The number of nitrogens with zero attached hydrogens (tertiary/aromatic N) is 2. The molecule has 1 aromatic heterocycles. The molecule has 2 N–H and O–H groups in total. The molecule has 1 aliphatic heterocycles. The lowest BCUT2D eigenvalue weighted by molar-refractivity contribution is -0.141. The number of amides is 4. The first kappa shape index (κ1) is 19.3. The maximum Gasteiger partial charge on any atom is 0.344 e. The van der Waals surface area contributed by atoms with Gasteiger partial charge in [-0.25, -0.2) is 14.6 Å². The highest BCUT2D eigenvalue weighted by molar-refractivity contribution is 7.16. The number of aromatic nitrogens is 1. The standard InChI is InChI=1S/C19H20N4O5S/c1-11-4-6-19(7-5-11)17(26)23(18(27)21-19)22-15(24)9-28-16(25)12-2-3-13-14(8-12)29-10-20-13/h2-3,8,10-11H,4-7,9H2,1H3,(H,21,27)(H,22,24). The molecule has 0 bridgehead atoms. The summed E-state index contributed by atoms with van der Waals surface area (Å²) in [4.78, 5) is 53.4. The van der Waals surface area contributed by atoms with Gasteiger partial charge in [0.1, 0.15) is 5.54 Å². The molecule has 0 radical (unpaired) electrons. The number of rotatable bonds is 4. The summed E-state index contributed by atoms with van der Waals surface area (Å²) in [6, 6.07) is 4.23. The highest BCUT2D eigenvalue weighted by atomic mass is 32.1. The second-order valence-corrected chi connectivity index (χ2v) is 8.37. The lowest BCUT2D eigenvalue weighted by atomic mass is 9.77. The van der Waals surface area contributed by atoms with Gasteiger partial charge in [0.05, 0.1) is 21.3 Å². The van der Waals surface area contributed by atoms with E-state index in [1.54, 1.807) is 23.7 Å². The molecule has 2 aliphatic rings. The summed E-state index contributed by atoms with van der Waals surface area (Å²) in [6.45, 7) is 1.50. The predicted octanol–water partition coefficient (Wildman–Crippen LogP) is 1.98. The van der Waals surface area contributed by atoms with E-state index in [0.29, 0.717) is 29.3 Å². The number of carbonyl (C=O) groups excluding carboxylic acids is 4. The second kappa shape index (κ2) is 7.43. The van der Waals surface area contributed by atoms with Crippen molar-refractivity contribution >= 4 is 45.4 Å². The van der Waals surface area contributed by atoms with Crippen LogP contribution in [0, 0.1) is 5.92 Å². The number of urea groups is 1. The summed E-state index contributed by atoms with van der Waals surface area (Å²) in [6.07, 6.45) is 2.74. The Morgan fingerprint density at radius 3 is 2.86 bits per heavy atom. The predicted molar refractivity (Wildman–Crippen MR) is 104 cm³/mol. The van der Waals surface area contributed by atoms with Crippen LogP contribution < -0.4 is 10.7 Å². The third-order valence-corrected chi connectivity index (χ3v) is 6.22. The highest BCUT2D eigenvalue weighted by Gasteiger charge is 2.52. The minimum Gasteiger partial charge on any atom is -0.452 e. The molecule has 4 amide bonds. The summed E-state index contributed by atoms with van der Waals surface area (Å²) < 4.78 is 5.84. The molecule has 1 saturated heterocycles. The Morgan fingerprint density at radius 2 is 2.10 bits per heavy atom. The lowest BCUT2D eigenvalue weighted by Gasteiger charge is -2.33. The van der Waals surface area contributed by atoms with Gasteiger partial charge in [-0.3, -0.25) is 15.0 Å². The Bertz CT molecular complexity index is 995. The Kier molecular flexibility index (Phi) is 4.95. The van der Waals surface area contributed by atoms with Crippen LogP contribution in [0.1, 0.15) is 43.0 Å². The molecule has 10 heteroatoms. The highest BCUT2D eigenvalue weighted by Crippen LogP contribution is 2.35. The fraction of sp³-hybridized carbons (Fsp3) is 0.421. The minimum absolute atomic E-state index is 0.292. The van der Waals surface area contributed by atoms with Gasteiger partial charge >= 0.3 is 12.0 Å². The van der Waals surface area contributed by atoms with E-state index in [-0.39, 0.29) is 0 Å². The van der Waals surface area contributed by atoms with E-state index in [1.165, 1.54) is 11.3 Å². The van der Waals surface area contributed by atoms with Gasteiger partial charge in [0.25, 0.3) is 11.8 Å². The summed E-state index contributed by atoms with van der Waals surface area (Å²) in [7, 11) is 0. The van der Waals surface area contributed by atoms with Crippen molar-refractivity contribution in [3.8, 4) is 0 Å². The number of benzene rings is 1. The normalized spacial score (nSPS) is 24.0. The van der Waals surface area contributed by atoms with Crippen molar-refractivity contribution in [2.24, 2.45) is 5.92 Å². The van der Waals surface area contributed by atoms with Gasteiger partial charge in [0.2, 0.25) is 0 Å². The first-order valence-electron chi connectivity index (χ1n) is 9.34. The molecule has 0 unspecified atom stereocenters. The number of hydrogen-bond acceptors (Lipinski definition) is 7. The average molecular weight is 416 g/mol. The number of thiazole rings is 1. The Morgan fingerprint density at radius 1 is 1.34 bits per heavy atom. The molecule has 9 nitrogen and oxygen atoms in total. The van der Waals surface area contributed by atoms with Crippen molar-refractivity contribution in [2.45, 2.75) is 38.1 Å². The maximum absolute atomic E-state index is 12.7. The van der Waals surface area contributed by atoms with E-state index in [4.69, 9.17) is 4.74 Å². The van der Waals surface area contributed by atoms with Crippen molar-refractivity contribution in [1.82, 2.24) is 20.7 Å². The van der Waals surface area contributed by atoms with Crippen LogP contribution >= 0.6 is 11.3 Å². The topological polar surface area (TPSA) is 118 Å². The Labute approximate surface area is 170 Å². The van der Waals surface area contributed by atoms with Crippen LogP contribution in [0.5, 0.6) is 0 Å². The first-order chi connectivity index (χ1) is 13.9. The van der Waals surface area contributed by atoms with Crippen LogP contribution in [-0.2, 0) is 14.3 Å². The average Bonchev–Trinajstić information content (AvgIpc) is 3.26. The molecule has 2 fully saturated rings. The lowest BCUT2D eigenvalue weighted by Crippen LogP contribution is -2.52. The van der Waals surface area contributed by atoms with Crippen LogP contribution in [-0.4, -0.2) is 46.0 Å². The van der Waals surface area contributed by atoms with Crippen LogP contribution in [0.25, 0.3) is 10.2 Å². The molecule has 2 aromatic rings. The molecular weight excluding hydrogens is 396 g/mol. The molecular formula is C19H20N4O5S. The Hall–Kier alpha value is -3.01. The van der Waals surface area contributed by atoms with E-state index in [1.807, 2.05) is 0 Å². The minimum atomic E-state index is -0.947. The van der Waals surface area contributed by atoms with E-state index in [9.17, 15) is 19.2 Å². The van der Waals surface area contributed by atoms with Crippen molar-refractivity contribution < 1.29 is 23.9 Å². The van der Waals surface area contributed by atoms with Crippen molar-refractivity contribution in [3.05, 3.63) is 29.3 Å². The zero-order chi connectivity index (χ0) is 20.6. The number of ether oxygens (including phenoxy) is 1. The summed E-state index contributed by atoms with van der Waals surface area (Å²) >= 11 is 1.39. The largest absolute Gasteiger partial charge is 0.452 e. The van der Waals surface area contributed by atoms with Crippen LogP contribution in [0.4, 0.5) is 4.79 Å². The van der Waals surface area contributed by atoms with Crippen molar-refractivity contribution in [3.63, 3.8) is 0 Å². The van der Waals surface area contributed by atoms with Crippen LogP contribution in [0.3, 0.4) is 0 Å². The number of imide groups is 1.